The lowest BCUT2D eigenvalue weighted by molar-refractivity contribution is -0.156. The van der Waals surface area contributed by atoms with Crippen LogP contribution in [0.3, 0.4) is 0 Å². The maximum atomic E-state index is 15.1. The van der Waals surface area contributed by atoms with Crippen LogP contribution in [0.2, 0.25) is 0 Å². The zero-order valence-corrected chi connectivity index (χ0v) is 21.3. The Morgan fingerprint density at radius 2 is 1.68 bits per heavy atom. The number of carbonyl (C=O) groups excluding carboxylic acids is 1. The van der Waals surface area contributed by atoms with Crippen LogP contribution in [0.5, 0.6) is 0 Å². The molecule has 0 saturated carbocycles. The lowest BCUT2D eigenvalue weighted by Gasteiger charge is -2.33. The third kappa shape index (κ3) is 6.17. The number of nitrogens with zero attached hydrogens (tertiary/aromatic N) is 5. The van der Waals surface area contributed by atoms with E-state index in [1.54, 1.807) is 16.7 Å². The third-order valence-corrected chi connectivity index (χ3v) is 7.04. The molecule has 4 rings (SSSR count). The van der Waals surface area contributed by atoms with Crippen LogP contribution < -0.4 is 9.80 Å². The van der Waals surface area contributed by atoms with Crippen LogP contribution in [0.4, 0.5) is 33.7 Å². The molecular weight excluding hydrogens is 510 g/mol. The molecule has 1 saturated heterocycles. The zero-order chi connectivity index (χ0) is 26.6. The molecule has 0 radical (unpaired) electrons. The summed E-state index contributed by atoms with van der Waals surface area (Å²) in [6, 6.07) is 11.2. The van der Waals surface area contributed by atoms with Gasteiger partial charge < -0.3 is 14.2 Å². The first kappa shape index (κ1) is 26.8. The van der Waals surface area contributed by atoms with E-state index in [9.17, 15) is 18.0 Å². The van der Waals surface area contributed by atoms with E-state index in [0.717, 1.165) is 36.3 Å². The molecule has 0 aliphatic carbocycles. The van der Waals surface area contributed by atoms with E-state index in [-0.39, 0.29) is 23.7 Å². The van der Waals surface area contributed by atoms with E-state index < -0.39 is 23.8 Å². The molecule has 37 heavy (non-hydrogen) atoms. The number of aromatic nitrogens is 2. The highest BCUT2D eigenvalue weighted by molar-refractivity contribution is 7.99. The first-order valence-electron chi connectivity index (χ1n) is 11.9. The molecule has 0 spiro atoms. The van der Waals surface area contributed by atoms with Gasteiger partial charge in [-0.25, -0.2) is 9.18 Å². The molecule has 3 aromatic rings. The molecule has 1 aromatic heterocycles. The predicted octanol–water partition coefficient (Wildman–Crippen LogP) is 5.92. The van der Waals surface area contributed by atoms with Gasteiger partial charge in [0.15, 0.2) is 0 Å². The van der Waals surface area contributed by atoms with E-state index in [1.165, 1.54) is 17.0 Å². The molecule has 0 unspecified atom stereocenters. The number of amides is 2. The number of alkyl halides is 3. The van der Waals surface area contributed by atoms with Crippen molar-refractivity contribution in [1.29, 1.82) is 0 Å². The van der Waals surface area contributed by atoms with Crippen molar-refractivity contribution < 1.29 is 26.8 Å². The van der Waals surface area contributed by atoms with Crippen molar-refractivity contribution in [2.24, 2.45) is 0 Å². The molecule has 2 amide bonds. The summed E-state index contributed by atoms with van der Waals surface area (Å²) in [6.45, 7) is 6.93. The summed E-state index contributed by atoms with van der Waals surface area (Å²) in [5.41, 5.74) is 1.85. The molecule has 198 valence electrons. The van der Waals surface area contributed by atoms with Crippen LogP contribution in [0.25, 0.3) is 11.5 Å². The standard InChI is InChI=1S/C25H27F4N5O2S/c1-3-32(4-2)19-7-9-20(10-8-19)34(24(35)33-11-13-37-14-12-33)16-18-6-5-17(15-21(18)26)22-30-31-23(36-22)25(27,28)29/h5-10,15H,3-4,11-14,16H2,1-2H3. The van der Waals surface area contributed by atoms with E-state index in [2.05, 4.69) is 33.4 Å². The molecule has 1 fully saturated rings. The summed E-state index contributed by atoms with van der Waals surface area (Å²) < 4.78 is 58.2. The van der Waals surface area contributed by atoms with E-state index >= 15 is 4.39 Å². The maximum absolute atomic E-state index is 15.1. The minimum Gasteiger partial charge on any atom is -0.413 e. The van der Waals surface area contributed by atoms with Crippen molar-refractivity contribution in [3.63, 3.8) is 0 Å². The highest BCUT2D eigenvalue weighted by Gasteiger charge is 2.38. The van der Waals surface area contributed by atoms with Gasteiger partial charge in [0.1, 0.15) is 5.82 Å². The van der Waals surface area contributed by atoms with E-state index in [4.69, 9.17) is 0 Å². The number of carbonyl (C=O) groups is 1. The molecule has 7 nitrogen and oxygen atoms in total. The fourth-order valence-corrected chi connectivity index (χ4v) is 4.96. The van der Waals surface area contributed by atoms with Crippen molar-refractivity contribution in [2.45, 2.75) is 26.6 Å². The smallest absolute Gasteiger partial charge is 0.413 e. The Kier molecular flexibility index (Phi) is 8.25. The minimum absolute atomic E-state index is 0.0127. The first-order chi connectivity index (χ1) is 17.7. The number of urea groups is 1. The maximum Gasteiger partial charge on any atom is 0.470 e. The summed E-state index contributed by atoms with van der Waals surface area (Å²) in [6.07, 6.45) is -4.79. The second-order valence-corrected chi connectivity index (χ2v) is 9.60. The molecule has 1 aliphatic heterocycles. The summed E-state index contributed by atoms with van der Waals surface area (Å²) in [5, 5.41) is 6.36. The van der Waals surface area contributed by atoms with Crippen LogP contribution in [-0.4, -0.2) is 58.8 Å². The van der Waals surface area contributed by atoms with Crippen LogP contribution in [0, 0.1) is 5.82 Å². The fraction of sp³-hybridized carbons (Fsp3) is 0.400. The first-order valence-corrected chi connectivity index (χ1v) is 13.1. The minimum atomic E-state index is -4.79. The highest BCUT2D eigenvalue weighted by Crippen LogP contribution is 2.31. The Bertz CT molecular complexity index is 1210. The Balaban J connectivity index is 1.61. The number of hydrogen-bond donors (Lipinski definition) is 0. The molecule has 1 aliphatic rings. The molecular formula is C25H27F4N5O2S. The SMILES string of the molecule is CCN(CC)c1ccc(N(Cc2ccc(-c3nnc(C(F)(F)F)o3)cc2F)C(=O)N2CCSCC2)cc1. The molecule has 0 bridgehead atoms. The van der Waals surface area contributed by atoms with Crippen molar-refractivity contribution in [2.75, 3.05) is 47.5 Å². The molecule has 0 N–H and O–H groups in total. The summed E-state index contributed by atoms with van der Waals surface area (Å²) in [5.74, 6) is -0.988. The lowest BCUT2D eigenvalue weighted by Crippen LogP contribution is -2.46. The average molecular weight is 538 g/mol. The van der Waals surface area contributed by atoms with Gasteiger partial charge in [-0.3, -0.25) is 4.90 Å². The van der Waals surface area contributed by atoms with Crippen molar-refractivity contribution in [1.82, 2.24) is 15.1 Å². The van der Waals surface area contributed by atoms with Crippen molar-refractivity contribution in [3.05, 3.63) is 59.7 Å². The van der Waals surface area contributed by atoms with Gasteiger partial charge in [0, 0.05) is 60.2 Å². The number of hydrogen-bond acceptors (Lipinski definition) is 6. The van der Waals surface area contributed by atoms with Gasteiger partial charge in [0.2, 0.25) is 5.89 Å². The van der Waals surface area contributed by atoms with Gasteiger partial charge in [-0.15, -0.1) is 10.2 Å². The average Bonchev–Trinajstić information content (AvgIpc) is 3.41. The van der Waals surface area contributed by atoms with Crippen LogP contribution in [-0.2, 0) is 12.7 Å². The van der Waals surface area contributed by atoms with Gasteiger partial charge >= 0.3 is 18.1 Å². The normalized spacial score (nSPS) is 14.1. The largest absolute Gasteiger partial charge is 0.470 e. The molecule has 2 aromatic carbocycles. The Hall–Kier alpha value is -3.28. The summed E-state index contributed by atoms with van der Waals surface area (Å²) >= 11 is 1.77. The number of halogens is 4. The van der Waals surface area contributed by atoms with Crippen molar-refractivity contribution in [3.8, 4) is 11.5 Å². The zero-order valence-electron chi connectivity index (χ0n) is 20.5. The second-order valence-electron chi connectivity index (χ2n) is 8.37. The topological polar surface area (TPSA) is 65.7 Å². The highest BCUT2D eigenvalue weighted by atomic mass is 32.2. The van der Waals surface area contributed by atoms with Gasteiger partial charge in [-0.2, -0.15) is 24.9 Å². The molecule has 12 heteroatoms. The van der Waals surface area contributed by atoms with Gasteiger partial charge in [-0.1, -0.05) is 6.07 Å². The monoisotopic (exact) mass is 537 g/mol. The predicted molar refractivity (Wildman–Crippen MR) is 135 cm³/mol. The Labute approximate surface area is 216 Å². The number of anilines is 2. The third-order valence-electron chi connectivity index (χ3n) is 6.10. The number of benzene rings is 2. The van der Waals surface area contributed by atoms with E-state index in [1.807, 2.05) is 24.3 Å². The molecule has 0 atom stereocenters. The quantitative estimate of drug-likeness (QED) is 0.349. The summed E-state index contributed by atoms with van der Waals surface area (Å²) in [4.78, 5) is 18.9. The molecule has 2 heterocycles. The van der Waals surface area contributed by atoms with Crippen LogP contribution >= 0.6 is 11.8 Å². The number of thioether (sulfide) groups is 1. The van der Waals surface area contributed by atoms with Gasteiger partial charge in [0.25, 0.3) is 0 Å². The van der Waals surface area contributed by atoms with E-state index in [0.29, 0.717) is 18.8 Å². The second kappa shape index (κ2) is 11.4. The van der Waals surface area contributed by atoms with Gasteiger partial charge in [0.05, 0.1) is 6.54 Å². The fourth-order valence-electron chi connectivity index (χ4n) is 4.06. The van der Waals surface area contributed by atoms with Gasteiger partial charge in [-0.05, 0) is 50.2 Å². The Morgan fingerprint density at radius 3 is 2.24 bits per heavy atom. The van der Waals surface area contributed by atoms with Crippen LogP contribution in [0.15, 0.2) is 46.9 Å². The van der Waals surface area contributed by atoms with Crippen molar-refractivity contribution >= 4 is 29.2 Å². The summed E-state index contributed by atoms with van der Waals surface area (Å²) in [7, 11) is 0. The number of rotatable bonds is 7. The van der Waals surface area contributed by atoms with Crippen LogP contribution in [0.1, 0.15) is 25.3 Å². The Morgan fingerprint density at radius 1 is 1.03 bits per heavy atom. The lowest BCUT2D eigenvalue weighted by atomic mass is 10.1.